The summed E-state index contributed by atoms with van der Waals surface area (Å²) in [5.41, 5.74) is 2.30. The van der Waals surface area contributed by atoms with Crippen molar-refractivity contribution in [3.8, 4) is 0 Å². The second-order valence-electron chi connectivity index (χ2n) is 7.40. The molecule has 0 saturated heterocycles. The molecule has 0 aliphatic carbocycles. The van der Waals surface area contributed by atoms with Gasteiger partial charge in [0.25, 0.3) is 0 Å². The van der Waals surface area contributed by atoms with Crippen LogP contribution in [0.5, 0.6) is 0 Å². The van der Waals surface area contributed by atoms with Gasteiger partial charge in [-0.2, -0.15) is 0 Å². The Kier molecular flexibility index (Phi) is 9.06. The largest absolute Gasteiger partial charge is 0.507 e. The molecule has 2 aromatic rings. The molecule has 0 radical (unpaired) electrons. The minimum atomic E-state index is -0.378. The average Bonchev–Trinajstić information content (AvgIpc) is 2.75. The minimum absolute atomic E-state index is 0.0177. The fraction of sp³-hybridized carbons (Fsp3) is 0.375. The third kappa shape index (κ3) is 6.84. The fourth-order valence-electron chi connectivity index (χ4n) is 3.11. The van der Waals surface area contributed by atoms with Gasteiger partial charge in [0.15, 0.2) is 5.82 Å². The highest BCUT2D eigenvalue weighted by molar-refractivity contribution is 5.91. The number of aryl methyl sites for hydroxylation is 1. The van der Waals surface area contributed by atoms with Crippen LogP contribution >= 0.6 is 0 Å². The van der Waals surface area contributed by atoms with E-state index in [1.807, 2.05) is 25.1 Å². The van der Waals surface area contributed by atoms with Gasteiger partial charge >= 0.3 is 6.09 Å². The number of ether oxygens (including phenoxy) is 1. The maximum absolute atomic E-state index is 11.4. The Balaban J connectivity index is 2.11. The van der Waals surface area contributed by atoms with Gasteiger partial charge in [-0.05, 0) is 56.4 Å². The summed E-state index contributed by atoms with van der Waals surface area (Å²) in [7, 11) is 0. The van der Waals surface area contributed by atoms with E-state index in [0.29, 0.717) is 42.8 Å². The van der Waals surface area contributed by atoms with E-state index in [4.69, 9.17) is 4.74 Å². The molecule has 0 aliphatic rings. The summed E-state index contributed by atoms with van der Waals surface area (Å²) in [6, 6.07) is 6.00. The molecule has 1 amide bonds. The molecule has 1 aromatic carbocycles. The number of nitrogens with zero attached hydrogens (tertiary/aromatic N) is 2. The van der Waals surface area contributed by atoms with Crippen LogP contribution < -0.4 is 10.6 Å². The van der Waals surface area contributed by atoms with E-state index in [0.717, 1.165) is 29.3 Å². The normalized spacial score (nSPS) is 12.6. The Morgan fingerprint density at radius 3 is 2.74 bits per heavy atom. The molecular weight excluding hydrogens is 392 g/mol. The predicted octanol–water partition coefficient (Wildman–Crippen LogP) is 5.15. The monoisotopic (exact) mass is 424 g/mol. The van der Waals surface area contributed by atoms with E-state index in [2.05, 4.69) is 40.7 Å². The molecule has 1 heterocycles. The van der Waals surface area contributed by atoms with Crippen LogP contribution in [0.15, 0.2) is 49.3 Å². The molecule has 1 atom stereocenters. The van der Waals surface area contributed by atoms with Crippen LogP contribution in [0.4, 0.5) is 10.6 Å². The number of benzene rings is 1. The van der Waals surface area contributed by atoms with Gasteiger partial charge in [-0.15, -0.1) is 0 Å². The van der Waals surface area contributed by atoms with Crippen LogP contribution in [0.1, 0.15) is 38.1 Å². The molecular formula is C24H32N4O3. The number of anilines is 1. The first-order chi connectivity index (χ1) is 14.9. The van der Waals surface area contributed by atoms with Gasteiger partial charge in [-0.25, -0.2) is 14.8 Å². The zero-order valence-corrected chi connectivity index (χ0v) is 18.6. The third-order valence-corrected chi connectivity index (χ3v) is 4.80. The molecule has 166 valence electrons. The zero-order chi connectivity index (χ0) is 22.8. The number of allylic oxidation sites excluding steroid dienone is 3. The molecule has 0 aliphatic heterocycles. The average molecular weight is 425 g/mol. The van der Waals surface area contributed by atoms with E-state index in [-0.39, 0.29) is 11.9 Å². The Morgan fingerprint density at radius 2 is 2.06 bits per heavy atom. The molecule has 3 N–H and O–H groups in total. The maximum Gasteiger partial charge on any atom is 0.407 e. The fourth-order valence-corrected chi connectivity index (χ4v) is 3.11. The molecule has 0 saturated carbocycles. The van der Waals surface area contributed by atoms with Gasteiger partial charge in [0.2, 0.25) is 0 Å². The summed E-state index contributed by atoms with van der Waals surface area (Å²) in [5, 5.41) is 17.2. The number of carbonyl (C=O) groups excluding carboxylic acids is 1. The van der Waals surface area contributed by atoms with E-state index in [9.17, 15) is 9.90 Å². The van der Waals surface area contributed by atoms with Gasteiger partial charge in [0.05, 0.1) is 17.7 Å². The number of aliphatic hydroxyl groups is 1. The van der Waals surface area contributed by atoms with Crippen molar-refractivity contribution in [3.63, 3.8) is 0 Å². The molecule has 0 fully saturated rings. The van der Waals surface area contributed by atoms with E-state index in [1.165, 1.54) is 12.2 Å². The smallest absolute Gasteiger partial charge is 0.407 e. The maximum atomic E-state index is 11.4. The van der Waals surface area contributed by atoms with Gasteiger partial charge in [0.1, 0.15) is 11.6 Å². The molecule has 7 nitrogen and oxygen atoms in total. The molecule has 0 bridgehead atoms. The van der Waals surface area contributed by atoms with Crippen LogP contribution in [-0.4, -0.2) is 40.9 Å². The van der Waals surface area contributed by atoms with Crippen molar-refractivity contribution in [1.29, 1.82) is 0 Å². The highest BCUT2D eigenvalue weighted by Crippen LogP contribution is 2.25. The standard InChI is InChI=1S/C24H32N4O3/c1-6-18(21(29)7-2)23-27-20-14-16(4)11-12-19(20)22(28-23)25-13-9-10-17(5)15-26-24(30)31-8-3/h6-7,11-12,14,17,29H,1-2,8-10,13,15H2,3-5H3,(H,26,30)(H,25,27,28)/b21-18-. The first-order valence-corrected chi connectivity index (χ1v) is 10.5. The molecule has 0 spiro atoms. The van der Waals surface area contributed by atoms with Crippen LogP contribution in [0, 0.1) is 12.8 Å². The van der Waals surface area contributed by atoms with Gasteiger partial charge in [-0.1, -0.05) is 32.2 Å². The van der Waals surface area contributed by atoms with Crippen LogP contribution in [0.2, 0.25) is 0 Å². The van der Waals surface area contributed by atoms with E-state index < -0.39 is 0 Å². The second-order valence-corrected chi connectivity index (χ2v) is 7.40. The molecule has 31 heavy (non-hydrogen) atoms. The SMILES string of the molecule is C=C/C(O)=C(\C=C)c1nc(NCCCC(C)CNC(=O)OCC)c2ccc(C)cc2n1. The van der Waals surface area contributed by atoms with Gasteiger partial charge in [0, 0.05) is 18.5 Å². The van der Waals surface area contributed by atoms with Crippen molar-refractivity contribution < 1.29 is 14.6 Å². The quantitative estimate of drug-likeness (QED) is 0.262. The number of carbonyl (C=O) groups is 1. The number of alkyl carbamates (subject to hydrolysis) is 1. The Bertz CT molecular complexity index is 969. The number of fused-ring (bicyclic) bond motifs is 1. The van der Waals surface area contributed by atoms with E-state index in [1.54, 1.807) is 6.92 Å². The zero-order valence-electron chi connectivity index (χ0n) is 18.6. The number of amides is 1. The van der Waals surface area contributed by atoms with Crippen LogP contribution in [0.25, 0.3) is 16.5 Å². The number of aromatic nitrogens is 2. The predicted molar refractivity (Wildman–Crippen MR) is 126 cm³/mol. The Morgan fingerprint density at radius 1 is 1.29 bits per heavy atom. The lowest BCUT2D eigenvalue weighted by molar-refractivity contribution is 0.150. The van der Waals surface area contributed by atoms with Gasteiger partial charge in [-0.3, -0.25) is 0 Å². The van der Waals surface area contributed by atoms with Crippen molar-refractivity contribution >= 4 is 28.4 Å². The molecule has 7 heteroatoms. The van der Waals surface area contributed by atoms with Crippen LogP contribution in [-0.2, 0) is 4.74 Å². The number of nitrogens with one attached hydrogen (secondary N) is 2. The number of hydrogen-bond donors (Lipinski definition) is 3. The van der Waals surface area contributed by atoms with Crippen molar-refractivity contribution in [3.05, 3.63) is 60.7 Å². The van der Waals surface area contributed by atoms with Crippen molar-refractivity contribution in [2.75, 3.05) is 25.0 Å². The van der Waals surface area contributed by atoms with E-state index >= 15 is 0 Å². The van der Waals surface area contributed by atoms with Crippen molar-refractivity contribution in [1.82, 2.24) is 15.3 Å². The first kappa shape index (κ1) is 23.9. The summed E-state index contributed by atoms with van der Waals surface area (Å²) in [6.45, 7) is 14.9. The van der Waals surface area contributed by atoms with Crippen molar-refractivity contribution in [2.45, 2.75) is 33.6 Å². The van der Waals surface area contributed by atoms with Gasteiger partial charge < -0.3 is 20.5 Å². The molecule has 2 rings (SSSR count). The van der Waals surface area contributed by atoms with Crippen molar-refractivity contribution in [2.24, 2.45) is 5.92 Å². The number of aliphatic hydroxyl groups excluding tert-OH is 1. The lowest BCUT2D eigenvalue weighted by Crippen LogP contribution is -2.29. The second kappa shape index (κ2) is 11.7. The highest BCUT2D eigenvalue weighted by Gasteiger charge is 2.13. The minimum Gasteiger partial charge on any atom is -0.507 e. The Hall–Kier alpha value is -3.35. The summed E-state index contributed by atoms with van der Waals surface area (Å²) < 4.78 is 4.88. The summed E-state index contributed by atoms with van der Waals surface area (Å²) in [5.74, 6) is 1.40. The summed E-state index contributed by atoms with van der Waals surface area (Å²) >= 11 is 0. The molecule has 1 aromatic heterocycles. The summed E-state index contributed by atoms with van der Waals surface area (Å²) in [4.78, 5) is 20.6. The lowest BCUT2D eigenvalue weighted by Gasteiger charge is -2.14. The third-order valence-electron chi connectivity index (χ3n) is 4.80. The topological polar surface area (TPSA) is 96.4 Å². The Labute approximate surface area is 183 Å². The molecule has 1 unspecified atom stereocenters. The lowest BCUT2D eigenvalue weighted by atomic mass is 10.1. The number of rotatable bonds is 11. The highest BCUT2D eigenvalue weighted by atomic mass is 16.5. The van der Waals surface area contributed by atoms with Crippen LogP contribution in [0.3, 0.4) is 0 Å². The first-order valence-electron chi connectivity index (χ1n) is 10.5. The summed E-state index contributed by atoms with van der Waals surface area (Å²) in [6.07, 6.45) is 4.33. The number of hydrogen-bond acceptors (Lipinski definition) is 6.